The highest BCUT2D eigenvalue weighted by Gasteiger charge is 2.15. The maximum absolute atomic E-state index is 4.77. The van der Waals surface area contributed by atoms with Gasteiger partial charge in [-0.3, -0.25) is 0 Å². The van der Waals surface area contributed by atoms with Crippen molar-refractivity contribution >= 4 is 11.3 Å². The third kappa shape index (κ3) is 5.28. The van der Waals surface area contributed by atoms with Crippen LogP contribution in [0.3, 0.4) is 0 Å². The standard InChI is InChI=1S/C26H30N4S/c1-4-30-28-24(21-13-6-5-7-14-21)25(29-30)22-15-10-12-20(17-22)11-8-9-16-23-18-31-26(27-23)19(2)3/h5-7,10,12-15,17-19H,4,8-9,11,16H2,1-3H3. The maximum atomic E-state index is 4.77. The summed E-state index contributed by atoms with van der Waals surface area (Å²) in [5.41, 5.74) is 6.74. The van der Waals surface area contributed by atoms with Crippen LogP contribution in [-0.2, 0) is 19.4 Å². The van der Waals surface area contributed by atoms with E-state index >= 15 is 0 Å². The van der Waals surface area contributed by atoms with Crippen LogP contribution in [0.5, 0.6) is 0 Å². The minimum Gasteiger partial charge on any atom is -0.246 e. The van der Waals surface area contributed by atoms with E-state index in [9.17, 15) is 0 Å². The molecule has 31 heavy (non-hydrogen) atoms. The number of thiazole rings is 1. The normalized spacial score (nSPS) is 11.4. The molecule has 0 saturated carbocycles. The topological polar surface area (TPSA) is 43.6 Å². The summed E-state index contributed by atoms with van der Waals surface area (Å²) in [6, 6.07) is 19.1. The zero-order valence-corrected chi connectivity index (χ0v) is 19.4. The van der Waals surface area contributed by atoms with Crippen molar-refractivity contribution in [2.24, 2.45) is 0 Å². The van der Waals surface area contributed by atoms with E-state index in [4.69, 9.17) is 15.2 Å². The van der Waals surface area contributed by atoms with E-state index in [-0.39, 0.29) is 0 Å². The molecule has 4 aromatic rings. The summed E-state index contributed by atoms with van der Waals surface area (Å²) < 4.78 is 0. The summed E-state index contributed by atoms with van der Waals surface area (Å²) in [6.07, 6.45) is 4.45. The molecule has 0 N–H and O–H groups in total. The van der Waals surface area contributed by atoms with Crippen LogP contribution in [0.4, 0.5) is 0 Å². The van der Waals surface area contributed by atoms with Gasteiger partial charge in [0.15, 0.2) is 0 Å². The quantitative estimate of drug-likeness (QED) is 0.275. The molecule has 2 aromatic heterocycles. The Labute approximate surface area is 189 Å². The lowest BCUT2D eigenvalue weighted by Crippen LogP contribution is -1.98. The van der Waals surface area contributed by atoms with Crippen LogP contribution < -0.4 is 0 Å². The second kappa shape index (κ2) is 10.0. The lowest BCUT2D eigenvalue weighted by molar-refractivity contribution is 0.572. The van der Waals surface area contributed by atoms with Crippen LogP contribution in [0.25, 0.3) is 22.5 Å². The Bertz CT molecular complexity index is 1110. The summed E-state index contributed by atoms with van der Waals surface area (Å²) in [5, 5.41) is 13.0. The van der Waals surface area contributed by atoms with E-state index in [2.05, 4.69) is 62.5 Å². The summed E-state index contributed by atoms with van der Waals surface area (Å²) in [6.45, 7) is 7.24. The Balaban J connectivity index is 1.44. The van der Waals surface area contributed by atoms with Crippen molar-refractivity contribution in [3.05, 3.63) is 76.2 Å². The molecule has 0 aliphatic rings. The fourth-order valence-electron chi connectivity index (χ4n) is 3.69. The number of aryl methyl sites for hydroxylation is 3. The van der Waals surface area contributed by atoms with Gasteiger partial charge in [0.2, 0.25) is 0 Å². The van der Waals surface area contributed by atoms with Crippen molar-refractivity contribution < 1.29 is 0 Å². The number of hydrogen-bond acceptors (Lipinski definition) is 4. The Hall–Kier alpha value is -2.79. The minimum atomic E-state index is 0.521. The molecule has 2 aromatic carbocycles. The molecule has 2 heterocycles. The van der Waals surface area contributed by atoms with Crippen LogP contribution >= 0.6 is 11.3 Å². The summed E-state index contributed by atoms with van der Waals surface area (Å²) in [7, 11) is 0. The lowest BCUT2D eigenvalue weighted by atomic mass is 10.0. The molecule has 0 bridgehead atoms. The fourth-order valence-corrected chi connectivity index (χ4v) is 4.56. The smallest absolute Gasteiger partial charge is 0.121 e. The second-order valence-corrected chi connectivity index (χ2v) is 9.08. The Morgan fingerprint density at radius 2 is 1.58 bits per heavy atom. The molecular formula is C26H30N4S. The predicted molar refractivity (Wildman–Crippen MR) is 129 cm³/mol. The van der Waals surface area contributed by atoms with Gasteiger partial charge in [-0.25, -0.2) is 4.98 Å². The summed E-state index contributed by atoms with van der Waals surface area (Å²) >= 11 is 1.79. The van der Waals surface area contributed by atoms with Crippen molar-refractivity contribution in [2.45, 2.75) is 58.9 Å². The molecule has 0 aliphatic carbocycles. The van der Waals surface area contributed by atoms with Crippen LogP contribution in [-0.4, -0.2) is 20.0 Å². The molecule has 0 saturated heterocycles. The van der Waals surface area contributed by atoms with Gasteiger partial charge in [-0.15, -0.1) is 11.3 Å². The molecule has 4 nitrogen and oxygen atoms in total. The van der Waals surface area contributed by atoms with Gasteiger partial charge in [-0.05, 0) is 44.2 Å². The molecule has 0 amide bonds. The predicted octanol–water partition coefficient (Wildman–Crippen LogP) is 6.78. The molecule has 0 fully saturated rings. The molecule has 5 heteroatoms. The number of hydrogen-bond donors (Lipinski definition) is 0. The Kier molecular flexibility index (Phi) is 6.92. The van der Waals surface area contributed by atoms with Gasteiger partial charge in [0.1, 0.15) is 11.4 Å². The lowest BCUT2D eigenvalue weighted by Gasteiger charge is -2.05. The van der Waals surface area contributed by atoms with Crippen molar-refractivity contribution in [3.8, 4) is 22.5 Å². The SMILES string of the molecule is CCn1nc(-c2ccccc2)c(-c2cccc(CCCCc3csc(C(C)C)n3)c2)n1. The second-order valence-electron chi connectivity index (χ2n) is 8.19. The van der Waals surface area contributed by atoms with Crippen LogP contribution in [0.2, 0.25) is 0 Å². The number of nitrogens with zero attached hydrogens (tertiary/aromatic N) is 4. The third-order valence-corrected chi connectivity index (χ3v) is 6.59. The van der Waals surface area contributed by atoms with Gasteiger partial charge < -0.3 is 0 Å². The van der Waals surface area contributed by atoms with E-state index in [0.29, 0.717) is 5.92 Å². The first kappa shape index (κ1) is 21.4. The molecule has 0 spiro atoms. The van der Waals surface area contributed by atoms with Crippen molar-refractivity contribution in [3.63, 3.8) is 0 Å². The summed E-state index contributed by atoms with van der Waals surface area (Å²) in [4.78, 5) is 6.54. The van der Waals surface area contributed by atoms with E-state index in [1.807, 2.05) is 18.2 Å². The Morgan fingerprint density at radius 1 is 0.871 bits per heavy atom. The van der Waals surface area contributed by atoms with Gasteiger partial charge in [0, 0.05) is 22.4 Å². The van der Waals surface area contributed by atoms with Crippen LogP contribution in [0, 0.1) is 0 Å². The molecular weight excluding hydrogens is 400 g/mol. The summed E-state index contributed by atoms with van der Waals surface area (Å²) in [5.74, 6) is 0.521. The van der Waals surface area contributed by atoms with Gasteiger partial charge in [-0.2, -0.15) is 15.0 Å². The van der Waals surface area contributed by atoms with Gasteiger partial charge in [-0.1, -0.05) is 62.4 Å². The number of benzene rings is 2. The van der Waals surface area contributed by atoms with Crippen LogP contribution in [0.15, 0.2) is 60.0 Å². The molecule has 0 aliphatic heterocycles. The van der Waals surface area contributed by atoms with E-state index in [0.717, 1.165) is 54.7 Å². The molecule has 0 unspecified atom stereocenters. The number of rotatable bonds is 9. The van der Waals surface area contributed by atoms with Crippen molar-refractivity contribution in [1.82, 2.24) is 20.0 Å². The average molecular weight is 431 g/mol. The molecule has 4 rings (SSSR count). The Morgan fingerprint density at radius 3 is 2.29 bits per heavy atom. The van der Waals surface area contributed by atoms with Crippen molar-refractivity contribution in [2.75, 3.05) is 0 Å². The van der Waals surface area contributed by atoms with Crippen molar-refractivity contribution in [1.29, 1.82) is 0 Å². The number of aromatic nitrogens is 4. The highest BCUT2D eigenvalue weighted by Crippen LogP contribution is 2.29. The first-order chi connectivity index (χ1) is 15.1. The highest BCUT2D eigenvalue weighted by atomic mass is 32.1. The monoisotopic (exact) mass is 430 g/mol. The van der Waals surface area contributed by atoms with E-state index in [1.54, 1.807) is 16.1 Å². The maximum Gasteiger partial charge on any atom is 0.121 e. The largest absolute Gasteiger partial charge is 0.246 e. The van der Waals surface area contributed by atoms with Gasteiger partial charge in [0.25, 0.3) is 0 Å². The molecule has 0 radical (unpaired) electrons. The zero-order valence-electron chi connectivity index (χ0n) is 18.6. The van der Waals surface area contributed by atoms with E-state index < -0.39 is 0 Å². The minimum absolute atomic E-state index is 0.521. The average Bonchev–Trinajstić information content (AvgIpc) is 3.45. The molecule has 0 atom stereocenters. The van der Waals surface area contributed by atoms with E-state index in [1.165, 1.54) is 16.3 Å². The third-order valence-electron chi connectivity index (χ3n) is 5.40. The first-order valence-electron chi connectivity index (χ1n) is 11.2. The first-order valence-corrected chi connectivity index (χ1v) is 12.1. The number of unbranched alkanes of at least 4 members (excludes halogenated alkanes) is 1. The fraction of sp³-hybridized carbons (Fsp3) is 0.346. The van der Waals surface area contributed by atoms with Gasteiger partial charge >= 0.3 is 0 Å². The zero-order chi connectivity index (χ0) is 21.6. The highest BCUT2D eigenvalue weighted by molar-refractivity contribution is 7.09. The van der Waals surface area contributed by atoms with Crippen LogP contribution in [0.1, 0.15) is 55.8 Å². The van der Waals surface area contributed by atoms with Gasteiger partial charge in [0.05, 0.1) is 17.2 Å². The molecule has 160 valence electrons.